The Labute approximate surface area is 213 Å². The van der Waals surface area contributed by atoms with Crippen molar-refractivity contribution >= 4 is 33.3 Å². The van der Waals surface area contributed by atoms with Gasteiger partial charge in [0.15, 0.2) is 0 Å². The zero-order valence-corrected chi connectivity index (χ0v) is 21.2. The minimum absolute atomic E-state index is 0.362. The van der Waals surface area contributed by atoms with Crippen LogP contribution in [-0.2, 0) is 5.66 Å². The van der Waals surface area contributed by atoms with Crippen molar-refractivity contribution in [2.45, 2.75) is 32.9 Å². The highest BCUT2D eigenvalue weighted by atomic mass is 16.3. The smallest absolute Gasteiger partial charge is 0.140 e. The van der Waals surface area contributed by atoms with Crippen LogP contribution >= 0.6 is 0 Å². The van der Waals surface area contributed by atoms with Gasteiger partial charge in [0.05, 0.1) is 0 Å². The average Bonchev–Trinajstić information content (AvgIpc) is 3.29. The first kappa shape index (κ1) is 25.0. The number of fused-ring (bicyclic) bond motifs is 3. The first-order valence-electron chi connectivity index (χ1n) is 12.2. The minimum atomic E-state index is -1.09. The van der Waals surface area contributed by atoms with E-state index in [4.69, 9.17) is 20.9 Å². The second-order valence-corrected chi connectivity index (χ2v) is 8.76. The molecule has 0 saturated heterocycles. The molecule has 4 aromatic rings. The van der Waals surface area contributed by atoms with Crippen molar-refractivity contribution in [2.24, 2.45) is 16.5 Å². The molecule has 4 heteroatoms. The summed E-state index contributed by atoms with van der Waals surface area (Å²) in [5, 5.41) is 1.93. The highest BCUT2D eigenvalue weighted by molar-refractivity contribution is 6.17. The molecule has 4 rings (SSSR count). The van der Waals surface area contributed by atoms with Gasteiger partial charge in [0.25, 0.3) is 0 Å². The molecular weight excluding hydrogens is 442 g/mol. The Kier molecular flexibility index (Phi) is 7.37. The molecule has 1 aromatic heterocycles. The highest BCUT2D eigenvalue weighted by Crippen LogP contribution is 2.33. The van der Waals surface area contributed by atoms with E-state index in [0.29, 0.717) is 12.3 Å². The summed E-state index contributed by atoms with van der Waals surface area (Å²) >= 11 is 0. The van der Waals surface area contributed by atoms with E-state index in [0.717, 1.165) is 49.8 Å². The number of hydrogen-bond donors (Lipinski definition) is 2. The van der Waals surface area contributed by atoms with Gasteiger partial charge in [0, 0.05) is 22.8 Å². The molecule has 36 heavy (non-hydrogen) atoms. The number of amidine groups is 1. The van der Waals surface area contributed by atoms with Gasteiger partial charge in [-0.1, -0.05) is 91.6 Å². The van der Waals surface area contributed by atoms with Crippen LogP contribution < -0.4 is 11.5 Å². The molecule has 1 unspecified atom stereocenters. The van der Waals surface area contributed by atoms with Gasteiger partial charge in [-0.2, -0.15) is 0 Å². The summed E-state index contributed by atoms with van der Waals surface area (Å²) in [6.07, 6.45) is 10.5. The van der Waals surface area contributed by atoms with Crippen LogP contribution in [0.4, 0.5) is 0 Å². The number of furan rings is 1. The lowest BCUT2D eigenvalue weighted by Crippen LogP contribution is -2.37. The van der Waals surface area contributed by atoms with E-state index in [-0.39, 0.29) is 0 Å². The van der Waals surface area contributed by atoms with Gasteiger partial charge in [0.2, 0.25) is 0 Å². The maximum atomic E-state index is 7.05. The van der Waals surface area contributed by atoms with Gasteiger partial charge in [-0.25, -0.2) is 4.99 Å². The normalized spacial score (nSPS) is 15.1. The van der Waals surface area contributed by atoms with Crippen LogP contribution in [0.25, 0.3) is 27.5 Å². The molecule has 0 aliphatic heterocycles. The molecule has 0 radical (unpaired) electrons. The molecule has 3 aromatic carbocycles. The monoisotopic (exact) mass is 475 g/mol. The molecule has 0 spiro atoms. The summed E-state index contributed by atoms with van der Waals surface area (Å²) in [6, 6.07) is 22.0. The predicted molar refractivity (Wildman–Crippen MR) is 154 cm³/mol. The number of nitrogens with zero attached hydrogens (tertiary/aromatic N) is 1. The number of allylic oxidation sites excluding steroid dienone is 6. The molecule has 0 fully saturated rings. The van der Waals surface area contributed by atoms with Crippen molar-refractivity contribution in [3.05, 3.63) is 126 Å². The van der Waals surface area contributed by atoms with Crippen LogP contribution in [-0.4, -0.2) is 5.84 Å². The number of aliphatic imine (C=N–C) groups is 1. The molecule has 1 atom stereocenters. The van der Waals surface area contributed by atoms with E-state index in [9.17, 15) is 0 Å². The number of hydrogen-bond acceptors (Lipinski definition) is 3. The molecule has 0 amide bonds. The topological polar surface area (TPSA) is 77.5 Å². The Morgan fingerprint density at radius 3 is 2.33 bits per heavy atom. The first-order chi connectivity index (χ1) is 17.4. The molecule has 0 aliphatic rings. The van der Waals surface area contributed by atoms with Crippen LogP contribution in [0.3, 0.4) is 0 Å². The highest BCUT2D eigenvalue weighted by Gasteiger charge is 2.29. The quantitative estimate of drug-likeness (QED) is 0.156. The lowest BCUT2D eigenvalue weighted by molar-refractivity contribution is 0.467. The Morgan fingerprint density at radius 1 is 0.944 bits per heavy atom. The van der Waals surface area contributed by atoms with Crippen molar-refractivity contribution in [2.75, 3.05) is 0 Å². The first-order valence-corrected chi connectivity index (χ1v) is 12.2. The number of para-hydroxylation sites is 1. The third-order valence-corrected chi connectivity index (χ3v) is 6.48. The summed E-state index contributed by atoms with van der Waals surface area (Å²) in [5.74, 6) is 0.362. The Bertz CT molecular complexity index is 1520. The maximum absolute atomic E-state index is 7.05. The third-order valence-electron chi connectivity index (χ3n) is 6.48. The van der Waals surface area contributed by atoms with Crippen LogP contribution in [0.15, 0.2) is 119 Å². The van der Waals surface area contributed by atoms with Gasteiger partial charge in [-0.05, 0) is 55.2 Å². The van der Waals surface area contributed by atoms with Crippen molar-refractivity contribution in [3.8, 4) is 0 Å². The summed E-state index contributed by atoms with van der Waals surface area (Å²) in [6.45, 7) is 9.97. The van der Waals surface area contributed by atoms with Crippen molar-refractivity contribution in [1.29, 1.82) is 0 Å². The standard InChI is InChI=1S/C32H33N3O/c1-5-12-23(8-4)24-17-19-25(20-18-24)32(34,21-22(6-2)7-3)35-31(33)27-14-11-16-29-30(27)26-13-9-10-15-28(26)36-29/h5-20H,2,21,34H2,1,3-4H3,(H2,33,35)/b12-5-,22-7+,23-8+. The third kappa shape index (κ3) is 4.81. The van der Waals surface area contributed by atoms with Gasteiger partial charge in [0.1, 0.15) is 22.7 Å². The number of rotatable bonds is 8. The number of benzene rings is 3. The fourth-order valence-corrected chi connectivity index (χ4v) is 4.56. The summed E-state index contributed by atoms with van der Waals surface area (Å²) in [5.41, 5.74) is 19.2. The molecular formula is C32H33N3O. The predicted octanol–water partition coefficient (Wildman–Crippen LogP) is 7.60. The van der Waals surface area contributed by atoms with E-state index in [1.807, 2.05) is 93.6 Å². The zero-order valence-electron chi connectivity index (χ0n) is 21.2. The van der Waals surface area contributed by atoms with E-state index in [1.54, 1.807) is 0 Å². The molecule has 0 aliphatic carbocycles. The van der Waals surface area contributed by atoms with Gasteiger partial charge >= 0.3 is 0 Å². The molecule has 4 nitrogen and oxygen atoms in total. The largest absolute Gasteiger partial charge is 0.456 e. The fourth-order valence-electron chi connectivity index (χ4n) is 4.56. The maximum Gasteiger partial charge on any atom is 0.140 e. The summed E-state index contributed by atoms with van der Waals surface area (Å²) < 4.78 is 6.05. The van der Waals surface area contributed by atoms with Crippen molar-refractivity contribution < 1.29 is 4.42 Å². The van der Waals surface area contributed by atoms with E-state index in [2.05, 4.69) is 30.9 Å². The molecule has 0 bridgehead atoms. The number of nitrogens with two attached hydrogens (primary N) is 2. The van der Waals surface area contributed by atoms with Crippen molar-refractivity contribution in [1.82, 2.24) is 0 Å². The lowest BCUT2D eigenvalue weighted by Gasteiger charge is -2.27. The summed E-state index contributed by atoms with van der Waals surface area (Å²) in [4.78, 5) is 4.97. The van der Waals surface area contributed by atoms with E-state index in [1.165, 1.54) is 0 Å². The lowest BCUT2D eigenvalue weighted by atomic mass is 9.91. The molecule has 1 heterocycles. The van der Waals surface area contributed by atoms with Crippen molar-refractivity contribution in [3.63, 3.8) is 0 Å². The summed E-state index contributed by atoms with van der Waals surface area (Å²) in [7, 11) is 0. The second kappa shape index (κ2) is 10.6. The zero-order chi connectivity index (χ0) is 25.7. The van der Waals surface area contributed by atoms with E-state index >= 15 is 0 Å². The van der Waals surface area contributed by atoms with Gasteiger partial charge in [-0.15, -0.1) is 0 Å². The minimum Gasteiger partial charge on any atom is -0.456 e. The fraction of sp³-hybridized carbons (Fsp3) is 0.156. The Hall–Kier alpha value is -4.15. The molecule has 0 saturated carbocycles. The Balaban J connectivity index is 1.85. The van der Waals surface area contributed by atoms with Crippen LogP contribution in [0, 0.1) is 0 Å². The molecule has 182 valence electrons. The Morgan fingerprint density at radius 2 is 1.67 bits per heavy atom. The van der Waals surface area contributed by atoms with Crippen LogP contribution in [0.5, 0.6) is 0 Å². The second-order valence-electron chi connectivity index (χ2n) is 8.76. The SMILES string of the molecule is C=C/C(=C\C)CC(N)(/N=C(\N)c1cccc2oc3ccccc3c12)c1ccc(C(/C=C\C)=C/C)cc1. The average molecular weight is 476 g/mol. The van der Waals surface area contributed by atoms with Gasteiger partial charge < -0.3 is 15.9 Å². The van der Waals surface area contributed by atoms with Gasteiger partial charge in [-0.3, -0.25) is 0 Å². The van der Waals surface area contributed by atoms with Crippen LogP contribution in [0.2, 0.25) is 0 Å². The molecule has 4 N–H and O–H groups in total. The van der Waals surface area contributed by atoms with Crippen LogP contribution in [0.1, 0.15) is 43.9 Å². The van der Waals surface area contributed by atoms with E-state index < -0.39 is 5.66 Å².